The lowest BCUT2D eigenvalue weighted by molar-refractivity contribution is -0.117. The lowest BCUT2D eigenvalue weighted by Crippen LogP contribution is -2.52. The predicted octanol–water partition coefficient (Wildman–Crippen LogP) is 4.19. The standard InChI is InChI=1S/C28H29Cl2N7O5/c1-4-21(38)33-16-5-7-41-13-18(16)34-28-32-11-14-12-37(25-22(29)19(39-2)10-20(40-3)23(25)30)26-15(24(14)35-28)9-17-27(36-26)42-8-6-31-17/h4,9-11,16,18,31H,1,5-8,12-13H2,2-3H3,(H,33,38)(H,32,34,35)/t16-,18+/m0/s1. The molecule has 1 saturated heterocycles. The molecule has 12 nitrogen and oxygen atoms in total. The summed E-state index contributed by atoms with van der Waals surface area (Å²) in [5.74, 6) is 1.96. The van der Waals surface area contributed by atoms with Crippen LogP contribution < -0.4 is 35.1 Å². The van der Waals surface area contributed by atoms with Gasteiger partial charge in [0.1, 0.15) is 34.0 Å². The highest BCUT2D eigenvalue weighted by atomic mass is 35.5. The van der Waals surface area contributed by atoms with Gasteiger partial charge >= 0.3 is 0 Å². The van der Waals surface area contributed by atoms with E-state index in [0.717, 1.165) is 16.8 Å². The summed E-state index contributed by atoms with van der Waals surface area (Å²) in [6, 6.07) is 3.18. The van der Waals surface area contributed by atoms with Gasteiger partial charge in [-0.25, -0.2) is 9.97 Å². The van der Waals surface area contributed by atoms with Crippen LogP contribution in [0.4, 0.5) is 23.1 Å². The molecular formula is C28H29Cl2N7O5. The van der Waals surface area contributed by atoms with Crippen molar-refractivity contribution in [3.8, 4) is 28.6 Å². The monoisotopic (exact) mass is 613 g/mol. The van der Waals surface area contributed by atoms with E-state index in [9.17, 15) is 4.79 Å². The van der Waals surface area contributed by atoms with E-state index in [1.165, 1.54) is 20.3 Å². The van der Waals surface area contributed by atoms with E-state index in [0.29, 0.717) is 89.9 Å². The van der Waals surface area contributed by atoms with Crippen LogP contribution in [0.3, 0.4) is 0 Å². The second-order valence-electron chi connectivity index (χ2n) is 9.83. The van der Waals surface area contributed by atoms with E-state index in [1.54, 1.807) is 12.3 Å². The minimum atomic E-state index is -0.244. The number of anilines is 4. The maximum Gasteiger partial charge on any atom is 0.243 e. The number of pyridine rings is 1. The predicted molar refractivity (Wildman–Crippen MR) is 160 cm³/mol. The Morgan fingerprint density at radius 1 is 1.17 bits per heavy atom. The van der Waals surface area contributed by atoms with Crippen LogP contribution in [-0.2, 0) is 16.1 Å². The van der Waals surface area contributed by atoms with Crippen LogP contribution in [0.1, 0.15) is 12.0 Å². The molecule has 0 spiro atoms. The lowest BCUT2D eigenvalue weighted by atomic mass is 10.0. The zero-order chi connectivity index (χ0) is 29.4. The summed E-state index contributed by atoms with van der Waals surface area (Å²) < 4.78 is 22.6. The van der Waals surface area contributed by atoms with Gasteiger partial charge in [0.05, 0.1) is 56.5 Å². The molecule has 5 heterocycles. The molecule has 0 bridgehead atoms. The Bertz CT molecular complexity index is 1530. The summed E-state index contributed by atoms with van der Waals surface area (Å²) in [5.41, 5.74) is 3.45. The van der Waals surface area contributed by atoms with Crippen LogP contribution in [0.2, 0.25) is 10.0 Å². The number of rotatable bonds is 7. The number of amides is 1. The van der Waals surface area contributed by atoms with Gasteiger partial charge in [-0.1, -0.05) is 29.8 Å². The van der Waals surface area contributed by atoms with Gasteiger partial charge in [-0.2, -0.15) is 4.98 Å². The largest absolute Gasteiger partial charge is 0.495 e. The maximum absolute atomic E-state index is 12.0. The fourth-order valence-corrected chi connectivity index (χ4v) is 5.97. The molecule has 14 heteroatoms. The smallest absolute Gasteiger partial charge is 0.243 e. The van der Waals surface area contributed by atoms with Crippen LogP contribution in [0.25, 0.3) is 11.3 Å². The molecule has 0 aliphatic carbocycles. The van der Waals surface area contributed by atoms with E-state index >= 15 is 0 Å². The second kappa shape index (κ2) is 11.7. The lowest BCUT2D eigenvalue weighted by Gasteiger charge is -2.35. The molecule has 3 aliphatic rings. The van der Waals surface area contributed by atoms with Crippen LogP contribution in [-0.4, -0.2) is 73.5 Å². The van der Waals surface area contributed by atoms with Crippen LogP contribution in [0.5, 0.6) is 17.4 Å². The highest BCUT2D eigenvalue weighted by Gasteiger charge is 2.34. The Morgan fingerprint density at radius 3 is 2.69 bits per heavy atom. The van der Waals surface area contributed by atoms with Crippen molar-refractivity contribution >= 4 is 52.3 Å². The van der Waals surface area contributed by atoms with Gasteiger partial charge in [0, 0.05) is 36.5 Å². The zero-order valence-corrected chi connectivity index (χ0v) is 24.5. The molecule has 2 aromatic heterocycles. The minimum absolute atomic E-state index is 0.172. The molecule has 2 atom stereocenters. The molecule has 0 saturated carbocycles. The Balaban J connectivity index is 1.43. The summed E-state index contributed by atoms with van der Waals surface area (Å²) in [5, 5.41) is 10.3. The summed E-state index contributed by atoms with van der Waals surface area (Å²) in [6.07, 6.45) is 3.66. The minimum Gasteiger partial charge on any atom is -0.495 e. The molecule has 3 aliphatic heterocycles. The van der Waals surface area contributed by atoms with E-state index in [-0.39, 0.29) is 18.0 Å². The molecule has 1 amide bonds. The van der Waals surface area contributed by atoms with E-state index in [2.05, 4.69) is 27.5 Å². The molecule has 1 aromatic carbocycles. The van der Waals surface area contributed by atoms with Gasteiger partial charge < -0.3 is 39.8 Å². The maximum atomic E-state index is 12.0. The Hall–Kier alpha value is -4.00. The first-order chi connectivity index (χ1) is 20.4. The molecule has 6 rings (SSSR count). The van der Waals surface area contributed by atoms with Crippen LogP contribution >= 0.6 is 23.2 Å². The zero-order valence-electron chi connectivity index (χ0n) is 23.0. The number of nitrogens with one attached hydrogen (secondary N) is 3. The summed E-state index contributed by atoms with van der Waals surface area (Å²) in [6.45, 7) is 5.91. The Morgan fingerprint density at radius 2 is 1.95 bits per heavy atom. The molecule has 42 heavy (non-hydrogen) atoms. The Labute approximate surface area is 252 Å². The number of hydrogen-bond donors (Lipinski definition) is 3. The van der Waals surface area contributed by atoms with Gasteiger partial charge in [0.25, 0.3) is 0 Å². The van der Waals surface area contributed by atoms with Crippen LogP contribution in [0.15, 0.2) is 31.0 Å². The van der Waals surface area contributed by atoms with Crippen molar-refractivity contribution in [2.75, 3.05) is 56.1 Å². The number of hydrogen-bond acceptors (Lipinski definition) is 11. The number of aromatic nitrogens is 3. The average molecular weight is 614 g/mol. The molecule has 220 valence electrons. The molecule has 1 fully saturated rings. The van der Waals surface area contributed by atoms with Crippen molar-refractivity contribution in [3.63, 3.8) is 0 Å². The third-order valence-electron chi connectivity index (χ3n) is 7.33. The quantitative estimate of drug-likeness (QED) is 0.331. The van der Waals surface area contributed by atoms with E-state index in [1.807, 2.05) is 11.0 Å². The number of carbonyl (C=O) groups excluding carboxylic acids is 1. The van der Waals surface area contributed by atoms with Crippen LogP contribution in [0, 0.1) is 0 Å². The van der Waals surface area contributed by atoms with Gasteiger partial charge in [-0.05, 0) is 18.6 Å². The van der Waals surface area contributed by atoms with Gasteiger partial charge in [0.2, 0.25) is 17.7 Å². The molecule has 3 aromatic rings. The molecule has 3 N–H and O–H groups in total. The highest BCUT2D eigenvalue weighted by Crippen LogP contribution is 2.52. The summed E-state index contributed by atoms with van der Waals surface area (Å²) in [7, 11) is 3.05. The third kappa shape index (κ3) is 5.10. The van der Waals surface area contributed by atoms with Crippen molar-refractivity contribution in [1.82, 2.24) is 20.3 Å². The Kier molecular flexibility index (Phi) is 7.84. The SMILES string of the molecule is C=CC(=O)N[C@H]1CCOC[C@H]1Nc1ncc2c(n1)-c1cc3c(nc1N(c1c(Cl)c(OC)cc(OC)c1Cl)C2)OCCN3. The number of ether oxygens (including phenoxy) is 4. The van der Waals surface area contributed by atoms with Gasteiger partial charge in [-0.3, -0.25) is 4.79 Å². The molecule has 0 radical (unpaired) electrons. The van der Waals surface area contributed by atoms with Crippen molar-refractivity contribution in [2.45, 2.75) is 25.0 Å². The molecule has 0 unspecified atom stereocenters. The normalized spacial score (nSPS) is 18.8. The molecular weight excluding hydrogens is 585 g/mol. The summed E-state index contributed by atoms with van der Waals surface area (Å²) >= 11 is 13.7. The van der Waals surface area contributed by atoms with Crippen molar-refractivity contribution in [1.29, 1.82) is 0 Å². The fourth-order valence-electron chi connectivity index (χ4n) is 5.26. The number of halogens is 2. The first-order valence-corrected chi connectivity index (χ1v) is 14.1. The highest BCUT2D eigenvalue weighted by molar-refractivity contribution is 6.41. The van der Waals surface area contributed by atoms with E-state index in [4.69, 9.17) is 52.1 Å². The number of carbonyl (C=O) groups is 1. The first-order valence-electron chi connectivity index (χ1n) is 13.3. The second-order valence-corrected chi connectivity index (χ2v) is 10.6. The number of fused-ring (bicyclic) bond motifs is 4. The number of methoxy groups -OCH3 is 2. The topological polar surface area (TPSA) is 132 Å². The van der Waals surface area contributed by atoms with Crippen molar-refractivity contribution < 1.29 is 23.7 Å². The number of nitrogens with zero attached hydrogens (tertiary/aromatic N) is 4. The fraction of sp³-hybridized carbons (Fsp3) is 0.357. The van der Waals surface area contributed by atoms with Gasteiger partial charge in [-0.15, -0.1) is 0 Å². The summed E-state index contributed by atoms with van der Waals surface area (Å²) in [4.78, 5) is 28.3. The van der Waals surface area contributed by atoms with Gasteiger partial charge in [0.15, 0.2) is 0 Å². The van der Waals surface area contributed by atoms with Crippen molar-refractivity contribution in [3.05, 3.63) is 46.6 Å². The third-order valence-corrected chi connectivity index (χ3v) is 8.06. The van der Waals surface area contributed by atoms with E-state index < -0.39 is 0 Å². The first kappa shape index (κ1) is 28.1. The average Bonchev–Trinajstić information content (AvgIpc) is 3.01. The van der Waals surface area contributed by atoms with Crippen molar-refractivity contribution in [2.24, 2.45) is 0 Å². The number of benzene rings is 1.